The summed E-state index contributed by atoms with van der Waals surface area (Å²) in [6.07, 6.45) is 19.3. The van der Waals surface area contributed by atoms with Gasteiger partial charge in [0.05, 0.1) is 18.9 Å². The lowest BCUT2D eigenvalue weighted by Gasteiger charge is -2.34. The third-order valence-electron chi connectivity index (χ3n) is 9.90. The minimum atomic E-state index is -0.736. The molecule has 0 spiro atoms. The molecule has 8 heteroatoms. The zero-order valence-corrected chi connectivity index (χ0v) is 29.4. The molecule has 0 aromatic carbocycles. The van der Waals surface area contributed by atoms with Crippen molar-refractivity contribution in [1.82, 2.24) is 4.90 Å². The predicted molar refractivity (Wildman–Crippen MR) is 179 cm³/mol. The van der Waals surface area contributed by atoms with Crippen LogP contribution in [0, 0.1) is 23.2 Å². The molecular weight excluding hydrogens is 570 g/mol. The molecule has 1 saturated carbocycles. The molecule has 8 nitrogen and oxygen atoms in total. The third-order valence-corrected chi connectivity index (χ3v) is 9.90. The van der Waals surface area contributed by atoms with Crippen molar-refractivity contribution < 1.29 is 33.3 Å². The molecule has 0 aromatic rings. The Morgan fingerprint density at radius 1 is 0.711 bits per heavy atom. The van der Waals surface area contributed by atoms with Crippen LogP contribution in [0.1, 0.15) is 150 Å². The molecule has 4 atom stereocenters. The van der Waals surface area contributed by atoms with E-state index in [-0.39, 0.29) is 37.2 Å². The summed E-state index contributed by atoms with van der Waals surface area (Å²) in [7, 11) is 0. The van der Waals surface area contributed by atoms with Gasteiger partial charge in [-0.3, -0.25) is 9.59 Å². The molecule has 1 heterocycles. The number of nitrogens with zero attached hydrogens (tertiary/aromatic N) is 1. The maximum Gasteiger partial charge on any atom is 0.508 e. The van der Waals surface area contributed by atoms with Gasteiger partial charge in [-0.15, -0.1) is 0 Å². The number of esters is 2. The van der Waals surface area contributed by atoms with Crippen LogP contribution in [0.4, 0.5) is 4.79 Å². The van der Waals surface area contributed by atoms with E-state index >= 15 is 0 Å². The smallest absolute Gasteiger partial charge is 0.465 e. The normalized spacial score (nSPS) is 22.8. The van der Waals surface area contributed by atoms with E-state index in [0.29, 0.717) is 31.3 Å². The van der Waals surface area contributed by atoms with E-state index in [9.17, 15) is 14.4 Å². The lowest BCUT2D eigenvalue weighted by molar-refractivity contribution is -0.152. The Morgan fingerprint density at radius 3 is 1.87 bits per heavy atom. The van der Waals surface area contributed by atoms with Crippen molar-refractivity contribution in [3.63, 3.8) is 0 Å². The Balaban J connectivity index is 1.78. The van der Waals surface area contributed by atoms with Crippen molar-refractivity contribution in [3.05, 3.63) is 0 Å². The fourth-order valence-electron chi connectivity index (χ4n) is 7.15. The Morgan fingerprint density at radius 2 is 1.27 bits per heavy atom. The molecule has 45 heavy (non-hydrogen) atoms. The molecule has 2 rings (SSSR count). The van der Waals surface area contributed by atoms with Gasteiger partial charge < -0.3 is 23.8 Å². The lowest BCUT2D eigenvalue weighted by Crippen LogP contribution is -2.30. The van der Waals surface area contributed by atoms with Crippen LogP contribution in [-0.4, -0.2) is 69.1 Å². The average Bonchev–Trinajstić information content (AvgIpc) is 3.49. The summed E-state index contributed by atoms with van der Waals surface area (Å²) in [5.41, 5.74) is -0.0424. The second-order valence-electron chi connectivity index (χ2n) is 14.3. The van der Waals surface area contributed by atoms with Crippen LogP contribution >= 0.6 is 0 Å². The second kappa shape index (κ2) is 23.5. The fourth-order valence-corrected chi connectivity index (χ4v) is 7.15. The molecule has 2 aliphatic rings. The number of hydrogen-bond donors (Lipinski definition) is 0. The van der Waals surface area contributed by atoms with Crippen molar-refractivity contribution in [3.8, 4) is 0 Å². The zero-order chi connectivity index (χ0) is 32.8. The monoisotopic (exact) mass is 637 g/mol. The number of hydrogen-bond acceptors (Lipinski definition) is 8. The van der Waals surface area contributed by atoms with Crippen LogP contribution in [0.25, 0.3) is 0 Å². The Hall–Kier alpha value is -1.83. The molecule has 0 bridgehead atoms. The van der Waals surface area contributed by atoms with Crippen LogP contribution < -0.4 is 0 Å². The topological polar surface area (TPSA) is 91.4 Å². The molecule has 1 aliphatic carbocycles. The summed E-state index contributed by atoms with van der Waals surface area (Å²) in [6, 6.07) is 0. The van der Waals surface area contributed by atoms with Gasteiger partial charge in [0.25, 0.3) is 0 Å². The average molecular weight is 638 g/mol. The highest BCUT2D eigenvalue weighted by Gasteiger charge is 2.37. The molecule has 1 aliphatic heterocycles. The van der Waals surface area contributed by atoms with Gasteiger partial charge in [0, 0.05) is 13.0 Å². The summed E-state index contributed by atoms with van der Waals surface area (Å²) in [5, 5.41) is 0. The van der Waals surface area contributed by atoms with Gasteiger partial charge in [-0.2, -0.15) is 0 Å². The first-order valence-corrected chi connectivity index (χ1v) is 18.6. The first-order valence-electron chi connectivity index (χ1n) is 18.6. The Bertz CT molecular complexity index is 801. The van der Waals surface area contributed by atoms with Crippen molar-refractivity contribution in [2.24, 2.45) is 23.2 Å². The minimum absolute atomic E-state index is 0.0312. The van der Waals surface area contributed by atoms with Crippen LogP contribution in [0.3, 0.4) is 0 Å². The van der Waals surface area contributed by atoms with Crippen molar-refractivity contribution in [2.45, 2.75) is 150 Å². The molecule has 0 radical (unpaired) electrons. The minimum Gasteiger partial charge on any atom is -0.465 e. The van der Waals surface area contributed by atoms with Crippen molar-refractivity contribution >= 4 is 18.1 Å². The number of carbonyl (C=O) groups is 3. The first kappa shape index (κ1) is 39.3. The van der Waals surface area contributed by atoms with Gasteiger partial charge in [-0.05, 0) is 75.3 Å². The number of likely N-dealkylation sites (tertiary alicyclic amines) is 1. The fraction of sp³-hybridized carbons (Fsp3) is 0.919. The van der Waals surface area contributed by atoms with Crippen molar-refractivity contribution in [1.29, 1.82) is 0 Å². The lowest BCUT2D eigenvalue weighted by atomic mass is 9.71. The first-order chi connectivity index (χ1) is 21.7. The Labute approximate surface area is 275 Å². The molecule has 3 unspecified atom stereocenters. The zero-order valence-electron chi connectivity index (χ0n) is 29.4. The van der Waals surface area contributed by atoms with E-state index in [1.807, 2.05) is 0 Å². The van der Waals surface area contributed by atoms with Crippen LogP contribution in [0.15, 0.2) is 0 Å². The number of rotatable bonds is 23. The van der Waals surface area contributed by atoms with E-state index in [4.69, 9.17) is 18.9 Å². The molecule has 2 fully saturated rings. The van der Waals surface area contributed by atoms with E-state index < -0.39 is 12.1 Å². The summed E-state index contributed by atoms with van der Waals surface area (Å²) in [6.45, 7) is 12.5. The molecule has 0 amide bonds. The standard InChI is InChI=1S/C37H67NO7/c1-5-7-8-9-10-11-12-13-14-18-34(39)43-28-33(30-45-36(41)42-24-17-23-38-21-15-16-22-38)29-44-35(40)27-37(6-2)25-31(3)19-20-32(4)26-37/h31-33H,5-30H2,1-4H3/t31-,32?,33?,37?/m1/s1. The van der Waals surface area contributed by atoms with Crippen LogP contribution in [0.5, 0.6) is 0 Å². The molecule has 0 N–H and O–H groups in total. The van der Waals surface area contributed by atoms with Gasteiger partial charge in [-0.25, -0.2) is 4.79 Å². The van der Waals surface area contributed by atoms with Gasteiger partial charge in [0.2, 0.25) is 0 Å². The third kappa shape index (κ3) is 18.2. The number of carbonyl (C=O) groups excluding carboxylic acids is 3. The highest BCUT2D eigenvalue weighted by molar-refractivity contribution is 5.70. The maximum absolute atomic E-state index is 13.1. The largest absolute Gasteiger partial charge is 0.508 e. The molecule has 1 saturated heterocycles. The highest BCUT2D eigenvalue weighted by Crippen LogP contribution is 2.45. The molecule has 262 valence electrons. The predicted octanol–water partition coefficient (Wildman–Crippen LogP) is 8.88. The van der Waals surface area contributed by atoms with Gasteiger partial charge in [-0.1, -0.05) is 91.9 Å². The van der Waals surface area contributed by atoms with E-state index in [1.54, 1.807) is 0 Å². The van der Waals surface area contributed by atoms with Gasteiger partial charge >= 0.3 is 18.1 Å². The molecular formula is C37H67NO7. The number of ether oxygens (including phenoxy) is 4. The summed E-state index contributed by atoms with van der Waals surface area (Å²) in [4.78, 5) is 40.2. The maximum atomic E-state index is 13.1. The Kier molecular flexibility index (Phi) is 20.5. The second-order valence-corrected chi connectivity index (χ2v) is 14.3. The van der Waals surface area contributed by atoms with E-state index in [1.165, 1.54) is 64.2 Å². The SMILES string of the molecule is CCCCCCCCCCCC(=O)OCC(COC(=O)CC1(CC)CC(C)CC[C@@H](C)C1)COC(=O)OCCCN1CCCC1. The van der Waals surface area contributed by atoms with Crippen molar-refractivity contribution in [2.75, 3.05) is 46.1 Å². The van der Waals surface area contributed by atoms with Crippen LogP contribution in [-0.2, 0) is 28.5 Å². The number of unbranched alkanes of at least 4 members (excludes halogenated alkanes) is 8. The van der Waals surface area contributed by atoms with E-state index in [2.05, 4.69) is 32.6 Å². The molecule has 0 aromatic heterocycles. The highest BCUT2D eigenvalue weighted by atomic mass is 16.7. The van der Waals surface area contributed by atoms with Gasteiger partial charge in [0.1, 0.15) is 19.8 Å². The van der Waals surface area contributed by atoms with Crippen LogP contribution in [0.2, 0.25) is 0 Å². The summed E-state index contributed by atoms with van der Waals surface area (Å²) in [5.74, 6) is 0.257. The van der Waals surface area contributed by atoms with E-state index in [0.717, 1.165) is 64.6 Å². The quantitative estimate of drug-likeness (QED) is 0.0475. The van der Waals surface area contributed by atoms with Gasteiger partial charge in [0.15, 0.2) is 0 Å². The summed E-state index contributed by atoms with van der Waals surface area (Å²) >= 11 is 0. The summed E-state index contributed by atoms with van der Waals surface area (Å²) < 4.78 is 22.0.